The van der Waals surface area contributed by atoms with E-state index in [-0.39, 0.29) is 0 Å². The molecule has 0 unspecified atom stereocenters. The molecule has 2 aromatic carbocycles. The van der Waals surface area contributed by atoms with Crippen molar-refractivity contribution in [2.45, 2.75) is 0 Å². The number of nitrogens with zero attached hydrogens (tertiary/aromatic N) is 2. The van der Waals surface area contributed by atoms with Gasteiger partial charge in [0.15, 0.2) is 4.77 Å². The lowest BCUT2D eigenvalue weighted by molar-refractivity contribution is 0.394. The largest absolute Gasteiger partial charge is 0.497 e. The average Bonchev–Trinajstić information content (AvgIpc) is 3.01. The summed E-state index contributed by atoms with van der Waals surface area (Å²) in [6.45, 7) is 0. The van der Waals surface area contributed by atoms with Crippen LogP contribution in [0.5, 0.6) is 11.5 Å². The minimum absolute atomic E-state index is 0.528. The molecular formula is C18H17N3O2S. The van der Waals surface area contributed by atoms with E-state index in [9.17, 15) is 0 Å². The van der Waals surface area contributed by atoms with Crippen molar-refractivity contribution in [3.63, 3.8) is 0 Å². The molecule has 1 aromatic heterocycles. The number of methoxy groups -OCH3 is 2. The SMILES string of the molecule is COc1cc(/C=N\n2cc(-c3ccccc3)[nH]c2=S)cc(OC)c1. The third-order valence-corrected chi connectivity index (χ3v) is 3.78. The van der Waals surface area contributed by atoms with Crippen LogP contribution >= 0.6 is 12.2 Å². The molecule has 0 amide bonds. The van der Waals surface area contributed by atoms with Gasteiger partial charge in [-0.25, -0.2) is 4.68 Å². The minimum Gasteiger partial charge on any atom is -0.497 e. The number of H-pyrrole nitrogens is 1. The molecule has 0 saturated heterocycles. The first-order valence-electron chi connectivity index (χ1n) is 7.34. The smallest absolute Gasteiger partial charge is 0.198 e. The van der Waals surface area contributed by atoms with Crippen molar-refractivity contribution in [2.75, 3.05) is 14.2 Å². The summed E-state index contributed by atoms with van der Waals surface area (Å²) in [6.07, 6.45) is 3.58. The van der Waals surface area contributed by atoms with Gasteiger partial charge in [-0.1, -0.05) is 30.3 Å². The summed E-state index contributed by atoms with van der Waals surface area (Å²) < 4.78 is 12.7. The second kappa shape index (κ2) is 7.14. The van der Waals surface area contributed by atoms with Crippen LogP contribution in [-0.4, -0.2) is 30.1 Å². The van der Waals surface area contributed by atoms with Crippen LogP contribution in [0.2, 0.25) is 0 Å². The average molecular weight is 339 g/mol. The Morgan fingerprint density at radius 3 is 2.33 bits per heavy atom. The number of benzene rings is 2. The molecular weight excluding hydrogens is 322 g/mol. The van der Waals surface area contributed by atoms with Crippen LogP contribution < -0.4 is 9.47 Å². The van der Waals surface area contributed by atoms with Gasteiger partial charge in [0.05, 0.1) is 32.3 Å². The molecule has 24 heavy (non-hydrogen) atoms. The highest BCUT2D eigenvalue weighted by atomic mass is 32.1. The highest BCUT2D eigenvalue weighted by Gasteiger charge is 2.03. The Kier molecular flexibility index (Phi) is 4.77. The van der Waals surface area contributed by atoms with Crippen LogP contribution in [0.15, 0.2) is 59.8 Å². The molecule has 0 aliphatic rings. The first-order chi connectivity index (χ1) is 11.7. The van der Waals surface area contributed by atoms with Crippen LogP contribution in [0, 0.1) is 4.77 Å². The molecule has 1 heterocycles. The van der Waals surface area contributed by atoms with Gasteiger partial charge in [-0.3, -0.25) is 0 Å². The Morgan fingerprint density at radius 1 is 1.04 bits per heavy atom. The molecule has 0 aliphatic carbocycles. The van der Waals surface area contributed by atoms with Gasteiger partial charge < -0.3 is 14.5 Å². The van der Waals surface area contributed by atoms with Crippen LogP contribution in [-0.2, 0) is 0 Å². The summed E-state index contributed by atoms with van der Waals surface area (Å²) in [4.78, 5) is 3.16. The van der Waals surface area contributed by atoms with Crippen molar-refractivity contribution in [1.82, 2.24) is 9.66 Å². The van der Waals surface area contributed by atoms with Crippen molar-refractivity contribution >= 4 is 18.4 Å². The molecule has 0 atom stereocenters. The van der Waals surface area contributed by atoms with Gasteiger partial charge in [0, 0.05) is 11.6 Å². The summed E-state index contributed by atoms with van der Waals surface area (Å²) in [7, 11) is 3.23. The molecule has 6 heteroatoms. The van der Waals surface area contributed by atoms with Crippen molar-refractivity contribution in [1.29, 1.82) is 0 Å². The predicted molar refractivity (Wildman–Crippen MR) is 97.6 cm³/mol. The summed E-state index contributed by atoms with van der Waals surface area (Å²) in [5, 5.41) is 4.42. The van der Waals surface area contributed by atoms with E-state index in [4.69, 9.17) is 21.7 Å². The Bertz CT molecular complexity index is 891. The van der Waals surface area contributed by atoms with E-state index < -0.39 is 0 Å². The second-order valence-electron chi connectivity index (χ2n) is 5.07. The Morgan fingerprint density at radius 2 is 1.71 bits per heavy atom. The van der Waals surface area contributed by atoms with E-state index in [2.05, 4.69) is 10.1 Å². The molecule has 122 valence electrons. The Balaban J connectivity index is 1.90. The van der Waals surface area contributed by atoms with E-state index in [1.165, 1.54) is 0 Å². The number of hydrogen-bond acceptors (Lipinski definition) is 4. The van der Waals surface area contributed by atoms with Crippen LogP contribution in [0.3, 0.4) is 0 Å². The second-order valence-corrected chi connectivity index (χ2v) is 5.46. The standard InChI is InChI=1S/C18H17N3O2S/c1-22-15-8-13(9-16(10-15)23-2)11-19-21-12-17(20-18(21)24)14-6-4-3-5-7-14/h3-12H,1-2H3,(H,20,24)/b19-11-. The quantitative estimate of drug-likeness (QED) is 0.562. The van der Waals surface area contributed by atoms with Gasteiger partial charge in [0.2, 0.25) is 0 Å². The lowest BCUT2D eigenvalue weighted by Gasteiger charge is -2.05. The van der Waals surface area contributed by atoms with E-state index in [1.807, 2.05) is 54.7 Å². The molecule has 5 nitrogen and oxygen atoms in total. The van der Waals surface area contributed by atoms with Crippen molar-refractivity contribution < 1.29 is 9.47 Å². The predicted octanol–water partition coefficient (Wildman–Crippen LogP) is 4.11. The molecule has 3 rings (SSSR count). The van der Waals surface area contributed by atoms with Crippen LogP contribution in [0.4, 0.5) is 0 Å². The number of aromatic amines is 1. The molecule has 0 saturated carbocycles. The van der Waals surface area contributed by atoms with Crippen LogP contribution in [0.25, 0.3) is 11.3 Å². The number of aromatic nitrogens is 2. The van der Waals surface area contributed by atoms with Crippen molar-refractivity contribution in [2.24, 2.45) is 5.10 Å². The molecule has 1 N–H and O–H groups in total. The zero-order chi connectivity index (χ0) is 16.9. The first kappa shape index (κ1) is 16.0. The Labute approximate surface area is 145 Å². The van der Waals surface area contributed by atoms with Gasteiger partial charge >= 0.3 is 0 Å². The van der Waals surface area contributed by atoms with E-state index >= 15 is 0 Å². The topological polar surface area (TPSA) is 51.5 Å². The van der Waals surface area contributed by atoms with Crippen molar-refractivity contribution in [3.8, 4) is 22.8 Å². The summed E-state index contributed by atoms with van der Waals surface area (Å²) >= 11 is 5.33. The molecule has 0 radical (unpaired) electrons. The summed E-state index contributed by atoms with van der Waals surface area (Å²) in [5.74, 6) is 1.41. The van der Waals surface area contributed by atoms with Gasteiger partial charge in [0.25, 0.3) is 0 Å². The fourth-order valence-corrected chi connectivity index (χ4v) is 2.48. The van der Waals surface area contributed by atoms with Gasteiger partial charge in [-0.2, -0.15) is 5.10 Å². The van der Waals surface area contributed by atoms with Gasteiger partial charge in [-0.05, 0) is 29.9 Å². The number of ether oxygens (including phenoxy) is 2. The normalized spacial score (nSPS) is 10.9. The zero-order valence-electron chi connectivity index (χ0n) is 13.4. The highest BCUT2D eigenvalue weighted by molar-refractivity contribution is 7.71. The maximum absolute atomic E-state index is 5.33. The number of rotatable bonds is 5. The maximum atomic E-state index is 5.33. The number of imidazole rings is 1. The lowest BCUT2D eigenvalue weighted by atomic mass is 10.2. The first-order valence-corrected chi connectivity index (χ1v) is 7.75. The molecule has 0 spiro atoms. The lowest BCUT2D eigenvalue weighted by Crippen LogP contribution is -1.92. The molecule has 0 aliphatic heterocycles. The fourth-order valence-electron chi connectivity index (χ4n) is 2.27. The summed E-state index contributed by atoms with van der Waals surface area (Å²) in [5.41, 5.74) is 2.83. The van der Waals surface area contributed by atoms with Crippen LogP contribution in [0.1, 0.15) is 5.56 Å². The summed E-state index contributed by atoms with van der Waals surface area (Å²) in [6, 6.07) is 15.5. The van der Waals surface area contributed by atoms with Crippen molar-refractivity contribution in [3.05, 3.63) is 65.1 Å². The highest BCUT2D eigenvalue weighted by Crippen LogP contribution is 2.21. The molecule has 0 fully saturated rings. The Hall–Kier alpha value is -2.86. The molecule has 0 bridgehead atoms. The number of hydrogen-bond donors (Lipinski definition) is 1. The van der Waals surface area contributed by atoms with E-state index in [1.54, 1.807) is 25.1 Å². The third kappa shape index (κ3) is 3.55. The monoisotopic (exact) mass is 339 g/mol. The van der Waals surface area contributed by atoms with E-state index in [0.717, 1.165) is 16.8 Å². The zero-order valence-corrected chi connectivity index (χ0v) is 14.2. The van der Waals surface area contributed by atoms with Gasteiger partial charge in [-0.15, -0.1) is 0 Å². The minimum atomic E-state index is 0.528. The third-order valence-electron chi connectivity index (χ3n) is 3.49. The van der Waals surface area contributed by atoms with E-state index in [0.29, 0.717) is 16.3 Å². The number of nitrogens with one attached hydrogen (secondary N) is 1. The molecule has 3 aromatic rings. The van der Waals surface area contributed by atoms with Gasteiger partial charge in [0.1, 0.15) is 11.5 Å². The maximum Gasteiger partial charge on any atom is 0.198 e. The fraction of sp³-hybridized carbons (Fsp3) is 0.111.